The Balaban J connectivity index is 2.35. The average Bonchev–Trinajstić information content (AvgIpc) is 2.94. The molecule has 6 nitrogen and oxygen atoms in total. The largest absolute Gasteiger partial charge is 0.462 e. The Labute approximate surface area is 123 Å². The van der Waals surface area contributed by atoms with Gasteiger partial charge < -0.3 is 9.15 Å². The van der Waals surface area contributed by atoms with Gasteiger partial charge in [-0.1, -0.05) is 0 Å². The molecule has 0 atom stereocenters. The number of esters is 1. The number of ether oxygens (including phenoxy) is 1. The van der Waals surface area contributed by atoms with Crippen LogP contribution in [0.2, 0.25) is 0 Å². The summed E-state index contributed by atoms with van der Waals surface area (Å²) < 4.78 is 49.7. The summed E-state index contributed by atoms with van der Waals surface area (Å²) in [5.41, 5.74) is -1.27. The molecule has 0 spiro atoms. The quantitative estimate of drug-likeness (QED) is 0.811. The van der Waals surface area contributed by atoms with Crippen molar-refractivity contribution in [2.24, 2.45) is 0 Å². The Bertz CT molecular complexity index is 669. The molecule has 2 aromatic rings. The van der Waals surface area contributed by atoms with Crippen LogP contribution in [0.25, 0.3) is 0 Å². The van der Waals surface area contributed by atoms with E-state index in [-0.39, 0.29) is 19.0 Å². The van der Waals surface area contributed by atoms with E-state index in [9.17, 15) is 18.0 Å². The van der Waals surface area contributed by atoms with E-state index < -0.39 is 23.4 Å². The summed E-state index contributed by atoms with van der Waals surface area (Å²) in [5, 5.41) is 3.41. The third kappa shape index (κ3) is 3.29. The highest BCUT2D eigenvalue weighted by atomic mass is 19.4. The Morgan fingerprint density at radius 2 is 2.09 bits per heavy atom. The summed E-state index contributed by atoms with van der Waals surface area (Å²) in [5.74, 6) is -0.286. The molecule has 2 aromatic heterocycles. The van der Waals surface area contributed by atoms with Gasteiger partial charge in [-0.25, -0.2) is 9.78 Å². The van der Waals surface area contributed by atoms with Gasteiger partial charge in [0.25, 0.3) is 0 Å². The van der Waals surface area contributed by atoms with E-state index >= 15 is 0 Å². The zero-order valence-corrected chi connectivity index (χ0v) is 12.2. The number of hydrogen-bond acceptors (Lipinski definition) is 5. The van der Waals surface area contributed by atoms with Crippen molar-refractivity contribution >= 4 is 5.97 Å². The second-order valence-electron chi connectivity index (χ2n) is 4.56. The molecule has 0 bridgehead atoms. The second-order valence-corrected chi connectivity index (χ2v) is 4.56. The SMILES string of the molecule is CCOC(=O)c1cn(Cc2nc(C)c(C)o2)nc1C(F)(F)F. The number of carbonyl (C=O) groups is 1. The summed E-state index contributed by atoms with van der Waals surface area (Å²) in [7, 11) is 0. The minimum atomic E-state index is -4.75. The van der Waals surface area contributed by atoms with Crippen molar-refractivity contribution < 1.29 is 27.1 Å². The second kappa shape index (κ2) is 5.82. The van der Waals surface area contributed by atoms with Gasteiger partial charge in [-0.3, -0.25) is 4.68 Å². The van der Waals surface area contributed by atoms with Gasteiger partial charge >= 0.3 is 12.1 Å². The number of halogens is 3. The Morgan fingerprint density at radius 1 is 1.41 bits per heavy atom. The molecule has 0 aromatic carbocycles. The zero-order valence-electron chi connectivity index (χ0n) is 12.2. The maximum absolute atomic E-state index is 12.9. The zero-order chi connectivity index (χ0) is 16.5. The van der Waals surface area contributed by atoms with Crippen LogP contribution in [0, 0.1) is 13.8 Å². The highest BCUT2D eigenvalue weighted by Crippen LogP contribution is 2.31. The molecule has 0 fully saturated rings. The molecule has 0 saturated carbocycles. The van der Waals surface area contributed by atoms with Crippen molar-refractivity contribution in [1.29, 1.82) is 0 Å². The first-order chi connectivity index (χ1) is 10.2. The predicted molar refractivity (Wildman–Crippen MR) is 68.3 cm³/mol. The van der Waals surface area contributed by atoms with Crippen molar-refractivity contribution in [3.05, 3.63) is 34.8 Å². The number of rotatable bonds is 4. The molecule has 0 aliphatic rings. The molecule has 2 rings (SSSR count). The molecule has 0 radical (unpaired) electrons. The van der Waals surface area contributed by atoms with E-state index in [0.29, 0.717) is 11.5 Å². The minimum Gasteiger partial charge on any atom is -0.462 e. The first kappa shape index (κ1) is 16.1. The van der Waals surface area contributed by atoms with Gasteiger partial charge in [-0.05, 0) is 20.8 Å². The van der Waals surface area contributed by atoms with E-state index in [1.165, 1.54) is 6.92 Å². The summed E-state index contributed by atoms with van der Waals surface area (Å²) >= 11 is 0. The summed E-state index contributed by atoms with van der Waals surface area (Å²) in [6, 6.07) is 0. The topological polar surface area (TPSA) is 70.2 Å². The van der Waals surface area contributed by atoms with Crippen molar-refractivity contribution in [2.45, 2.75) is 33.5 Å². The number of carbonyl (C=O) groups excluding carboxylic acids is 1. The van der Waals surface area contributed by atoms with Crippen LogP contribution in [-0.2, 0) is 17.5 Å². The molecular formula is C13H14F3N3O3. The Morgan fingerprint density at radius 3 is 2.59 bits per heavy atom. The van der Waals surface area contributed by atoms with Crippen LogP contribution in [0.5, 0.6) is 0 Å². The van der Waals surface area contributed by atoms with Crippen LogP contribution in [-0.4, -0.2) is 27.3 Å². The summed E-state index contributed by atoms with van der Waals surface area (Å²) in [6.45, 7) is 4.78. The normalized spacial score (nSPS) is 11.7. The lowest BCUT2D eigenvalue weighted by molar-refractivity contribution is -0.142. The lowest BCUT2D eigenvalue weighted by atomic mass is 10.2. The van der Waals surface area contributed by atoms with E-state index in [4.69, 9.17) is 4.42 Å². The lowest BCUT2D eigenvalue weighted by Gasteiger charge is -2.05. The first-order valence-electron chi connectivity index (χ1n) is 6.47. The molecule has 2 heterocycles. The summed E-state index contributed by atoms with van der Waals surface area (Å²) in [4.78, 5) is 15.7. The number of aromatic nitrogens is 3. The molecule has 0 aliphatic carbocycles. The number of oxazole rings is 1. The molecule has 0 aliphatic heterocycles. The Kier molecular flexibility index (Phi) is 4.25. The predicted octanol–water partition coefficient (Wildman–Crippen LogP) is 2.73. The number of nitrogens with zero attached hydrogens (tertiary/aromatic N) is 3. The average molecular weight is 317 g/mol. The van der Waals surface area contributed by atoms with Crippen LogP contribution >= 0.6 is 0 Å². The Hall–Kier alpha value is -2.32. The van der Waals surface area contributed by atoms with Crippen molar-refractivity contribution in [3.8, 4) is 0 Å². The molecule has 120 valence electrons. The van der Waals surface area contributed by atoms with Gasteiger partial charge in [0.2, 0.25) is 5.89 Å². The van der Waals surface area contributed by atoms with Gasteiger partial charge in [0.15, 0.2) is 5.69 Å². The molecule has 0 unspecified atom stereocenters. The van der Waals surface area contributed by atoms with Crippen molar-refractivity contribution in [2.75, 3.05) is 6.61 Å². The van der Waals surface area contributed by atoms with Crippen LogP contribution in [0.15, 0.2) is 10.6 Å². The van der Waals surface area contributed by atoms with Crippen molar-refractivity contribution in [1.82, 2.24) is 14.8 Å². The summed E-state index contributed by atoms with van der Waals surface area (Å²) in [6.07, 6.45) is -3.77. The monoisotopic (exact) mass is 317 g/mol. The fraction of sp³-hybridized carbons (Fsp3) is 0.462. The van der Waals surface area contributed by atoms with Gasteiger partial charge in [-0.15, -0.1) is 0 Å². The number of aryl methyl sites for hydroxylation is 2. The van der Waals surface area contributed by atoms with Crippen LogP contribution < -0.4 is 0 Å². The fourth-order valence-electron chi connectivity index (χ4n) is 1.82. The maximum atomic E-state index is 12.9. The molecule has 0 amide bonds. The van der Waals surface area contributed by atoms with Crippen LogP contribution in [0.3, 0.4) is 0 Å². The smallest absolute Gasteiger partial charge is 0.436 e. The number of hydrogen-bond donors (Lipinski definition) is 0. The lowest BCUT2D eigenvalue weighted by Crippen LogP contribution is -2.14. The third-order valence-electron chi connectivity index (χ3n) is 2.90. The van der Waals surface area contributed by atoms with E-state index in [0.717, 1.165) is 10.9 Å². The molecule has 9 heteroatoms. The molecular weight excluding hydrogens is 303 g/mol. The van der Waals surface area contributed by atoms with Crippen molar-refractivity contribution in [3.63, 3.8) is 0 Å². The van der Waals surface area contributed by atoms with Gasteiger partial charge in [0, 0.05) is 6.20 Å². The third-order valence-corrected chi connectivity index (χ3v) is 2.90. The van der Waals surface area contributed by atoms with E-state index in [1.54, 1.807) is 13.8 Å². The standard InChI is InChI=1S/C13H14F3N3O3/c1-4-21-12(20)9-5-19(18-11(9)13(14,15)16)6-10-17-7(2)8(3)22-10/h5H,4,6H2,1-3H3. The first-order valence-corrected chi connectivity index (χ1v) is 6.47. The molecule has 22 heavy (non-hydrogen) atoms. The van der Waals surface area contributed by atoms with Gasteiger partial charge in [0.1, 0.15) is 17.9 Å². The molecule has 0 N–H and O–H groups in total. The van der Waals surface area contributed by atoms with Crippen LogP contribution in [0.1, 0.15) is 40.3 Å². The fourth-order valence-corrected chi connectivity index (χ4v) is 1.82. The number of alkyl halides is 3. The maximum Gasteiger partial charge on any atom is 0.436 e. The van der Waals surface area contributed by atoms with E-state index in [2.05, 4.69) is 14.8 Å². The van der Waals surface area contributed by atoms with Gasteiger partial charge in [0.05, 0.1) is 12.3 Å². The minimum absolute atomic E-state index is 0.0283. The van der Waals surface area contributed by atoms with Crippen LogP contribution in [0.4, 0.5) is 13.2 Å². The molecule has 0 saturated heterocycles. The highest BCUT2D eigenvalue weighted by Gasteiger charge is 2.39. The van der Waals surface area contributed by atoms with Gasteiger partial charge in [-0.2, -0.15) is 18.3 Å². The highest BCUT2D eigenvalue weighted by molar-refractivity contribution is 5.90. The van der Waals surface area contributed by atoms with E-state index in [1.807, 2.05) is 0 Å².